The zero-order chi connectivity index (χ0) is 16.9. The normalized spacial score (nSPS) is 14.7. The molecule has 4 nitrogen and oxygen atoms in total. The lowest BCUT2D eigenvalue weighted by Crippen LogP contribution is -2.40. The molecule has 0 radical (unpaired) electrons. The molecule has 1 heterocycles. The molecular weight excluding hydrogens is 326 g/mol. The van der Waals surface area contributed by atoms with Gasteiger partial charge in [-0.2, -0.15) is 0 Å². The second-order valence-electron chi connectivity index (χ2n) is 5.72. The first-order valence-electron chi connectivity index (χ1n) is 7.94. The van der Waals surface area contributed by atoms with Crippen molar-refractivity contribution in [3.05, 3.63) is 58.6 Å². The number of benzene rings is 2. The molecule has 0 aliphatic carbocycles. The first-order valence-corrected chi connectivity index (χ1v) is 8.31. The van der Waals surface area contributed by atoms with E-state index in [4.69, 9.17) is 21.1 Å². The summed E-state index contributed by atoms with van der Waals surface area (Å²) in [7, 11) is 1.65. The van der Waals surface area contributed by atoms with Gasteiger partial charge in [-0.05, 0) is 41.0 Å². The number of morpholine rings is 1. The van der Waals surface area contributed by atoms with Crippen LogP contribution in [0.3, 0.4) is 0 Å². The predicted molar refractivity (Wildman–Crippen MR) is 94.3 cm³/mol. The number of halogens is 1. The maximum Gasteiger partial charge on any atom is 0.254 e. The quantitative estimate of drug-likeness (QED) is 0.849. The lowest BCUT2D eigenvalue weighted by Gasteiger charge is -2.27. The minimum absolute atomic E-state index is 0.0401. The second kappa shape index (κ2) is 7.79. The molecule has 0 aromatic heterocycles. The van der Waals surface area contributed by atoms with Crippen molar-refractivity contribution in [3.63, 3.8) is 0 Å². The van der Waals surface area contributed by atoms with E-state index in [1.807, 2.05) is 47.4 Å². The molecule has 1 fully saturated rings. The topological polar surface area (TPSA) is 38.8 Å². The lowest BCUT2D eigenvalue weighted by atomic mass is 9.97. The van der Waals surface area contributed by atoms with Crippen molar-refractivity contribution < 1.29 is 14.3 Å². The Morgan fingerprint density at radius 1 is 1.17 bits per heavy atom. The number of nitrogens with zero attached hydrogens (tertiary/aromatic N) is 1. The molecule has 0 saturated carbocycles. The van der Waals surface area contributed by atoms with Crippen molar-refractivity contribution in [2.75, 3.05) is 33.4 Å². The van der Waals surface area contributed by atoms with E-state index in [1.165, 1.54) is 0 Å². The van der Waals surface area contributed by atoms with Gasteiger partial charge in [-0.1, -0.05) is 29.8 Å². The van der Waals surface area contributed by atoms with E-state index in [0.717, 1.165) is 16.7 Å². The van der Waals surface area contributed by atoms with Crippen LogP contribution in [0.15, 0.2) is 42.5 Å². The first kappa shape index (κ1) is 17.0. The fourth-order valence-electron chi connectivity index (χ4n) is 2.86. The third-order valence-corrected chi connectivity index (χ3v) is 4.36. The molecule has 2 aromatic rings. The Hall–Kier alpha value is -1.88. The van der Waals surface area contributed by atoms with Gasteiger partial charge in [0.15, 0.2) is 0 Å². The molecule has 24 heavy (non-hydrogen) atoms. The van der Waals surface area contributed by atoms with Crippen LogP contribution in [0.25, 0.3) is 11.1 Å². The van der Waals surface area contributed by atoms with Crippen LogP contribution in [0.2, 0.25) is 5.02 Å². The number of ether oxygens (including phenoxy) is 2. The highest BCUT2D eigenvalue weighted by atomic mass is 35.5. The minimum Gasteiger partial charge on any atom is -0.380 e. The van der Waals surface area contributed by atoms with Crippen LogP contribution >= 0.6 is 11.6 Å². The Bertz CT molecular complexity index is 709. The van der Waals surface area contributed by atoms with Crippen molar-refractivity contribution in [2.24, 2.45) is 0 Å². The monoisotopic (exact) mass is 345 g/mol. The van der Waals surface area contributed by atoms with Crippen LogP contribution in [-0.4, -0.2) is 44.2 Å². The van der Waals surface area contributed by atoms with E-state index in [1.54, 1.807) is 7.11 Å². The van der Waals surface area contributed by atoms with Crippen LogP contribution < -0.4 is 0 Å². The fourth-order valence-corrected chi connectivity index (χ4v) is 2.99. The summed E-state index contributed by atoms with van der Waals surface area (Å²) in [5, 5.41) is 0.700. The summed E-state index contributed by atoms with van der Waals surface area (Å²) in [4.78, 5) is 14.5. The average Bonchev–Trinajstić information content (AvgIpc) is 2.63. The standard InChI is InChI=1S/C19H20ClNO3/c1-23-13-16-12-15(19(22)21-8-10-24-11-9-21)4-7-18(16)14-2-5-17(20)6-3-14/h2-7,12H,8-11,13H2,1H3. The molecule has 1 saturated heterocycles. The lowest BCUT2D eigenvalue weighted by molar-refractivity contribution is 0.0302. The van der Waals surface area contributed by atoms with Crippen LogP contribution in [-0.2, 0) is 16.1 Å². The van der Waals surface area contributed by atoms with Gasteiger partial charge in [0.05, 0.1) is 19.8 Å². The Kier molecular flexibility index (Phi) is 5.51. The third-order valence-electron chi connectivity index (χ3n) is 4.11. The van der Waals surface area contributed by atoms with Gasteiger partial charge in [0.2, 0.25) is 0 Å². The summed E-state index contributed by atoms with van der Waals surface area (Å²) in [6.07, 6.45) is 0. The molecule has 0 bridgehead atoms. The Labute approximate surface area is 146 Å². The molecule has 0 atom stereocenters. The van der Waals surface area contributed by atoms with Gasteiger partial charge in [-0.15, -0.1) is 0 Å². The Morgan fingerprint density at radius 2 is 1.88 bits per heavy atom. The van der Waals surface area contributed by atoms with Crippen LogP contribution in [0, 0.1) is 0 Å². The van der Waals surface area contributed by atoms with E-state index in [-0.39, 0.29) is 5.91 Å². The van der Waals surface area contributed by atoms with Gasteiger partial charge in [0.1, 0.15) is 0 Å². The molecule has 2 aromatic carbocycles. The SMILES string of the molecule is COCc1cc(C(=O)N2CCOCC2)ccc1-c1ccc(Cl)cc1. The number of amides is 1. The van der Waals surface area contributed by atoms with E-state index in [9.17, 15) is 4.79 Å². The number of methoxy groups -OCH3 is 1. The minimum atomic E-state index is 0.0401. The summed E-state index contributed by atoms with van der Waals surface area (Å²) >= 11 is 5.97. The molecule has 0 N–H and O–H groups in total. The summed E-state index contributed by atoms with van der Waals surface area (Å²) in [6.45, 7) is 2.91. The average molecular weight is 346 g/mol. The van der Waals surface area contributed by atoms with E-state index >= 15 is 0 Å². The van der Waals surface area contributed by atoms with Crippen LogP contribution in [0.1, 0.15) is 15.9 Å². The molecule has 126 valence electrons. The number of carbonyl (C=O) groups is 1. The molecule has 1 aliphatic rings. The molecule has 1 aliphatic heterocycles. The highest BCUT2D eigenvalue weighted by Crippen LogP contribution is 2.27. The van der Waals surface area contributed by atoms with Crippen molar-refractivity contribution in [1.82, 2.24) is 4.90 Å². The summed E-state index contributed by atoms with van der Waals surface area (Å²) in [5.74, 6) is 0.0401. The molecule has 1 amide bonds. The molecule has 0 unspecified atom stereocenters. The van der Waals surface area contributed by atoms with Gasteiger partial charge < -0.3 is 14.4 Å². The maximum atomic E-state index is 12.7. The number of carbonyl (C=O) groups excluding carboxylic acids is 1. The van der Waals surface area contributed by atoms with Crippen molar-refractivity contribution >= 4 is 17.5 Å². The largest absolute Gasteiger partial charge is 0.380 e. The fraction of sp³-hybridized carbons (Fsp3) is 0.316. The molecule has 3 rings (SSSR count). The van der Waals surface area contributed by atoms with Crippen LogP contribution in [0.4, 0.5) is 0 Å². The van der Waals surface area contributed by atoms with Gasteiger partial charge in [-0.25, -0.2) is 0 Å². The Balaban J connectivity index is 1.91. The van der Waals surface area contributed by atoms with Crippen molar-refractivity contribution in [1.29, 1.82) is 0 Å². The second-order valence-corrected chi connectivity index (χ2v) is 6.15. The number of hydrogen-bond acceptors (Lipinski definition) is 3. The first-order chi connectivity index (χ1) is 11.7. The zero-order valence-corrected chi connectivity index (χ0v) is 14.4. The van der Waals surface area contributed by atoms with E-state index < -0.39 is 0 Å². The van der Waals surface area contributed by atoms with Gasteiger partial charge in [0, 0.05) is 30.8 Å². The molecule has 0 spiro atoms. The van der Waals surface area contributed by atoms with Gasteiger partial charge in [-0.3, -0.25) is 4.79 Å². The van der Waals surface area contributed by atoms with Gasteiger partial charge >= 0.3 is 0 Å². The summed E-state index contributed by atoms with van der Waals surface area (Å²) in [6, 6.07) is 13.4. The summed E-state index contributed by atoms with van der Waals surface area (Å²) in [5.41, 5.74) is 3.77. The van der Waals surface area contributed by atoms with Crippen LogP contribution in [0.5, 0.6) is 0 Å². The van der Waals surface area contributed by atoms with Crippen molar-refractivity contribution in [3.8, 4) is 11.1 Å². The Morgan fingerprint density at radius 3 is 2.54 bits per heavy atom. The van der Waals surface area contributed by atoms with Gasteiger partial charge in [0.25, 0.3) is 5.91 Å². The van der Waals surface area contributed by atoms with E-state index in [2.05, 4.69) is 0 Å². The summed E-state index contributed by atoms with van der Waals surface area (Å²) < 4.78 is 10.6. The molecule has 5 heteroatoms. The number of rotatable bonds is 4. The van der Waals surface area contributed by atoms with E-state index in [0.29, 0.717) is 43.5 Å². The predicted octanol–water partition coefficient (Wildman–Crippen LogP) is 3.63. The third kappa shape index (κ3) is 3.78. The highest BCUT2D eigenvalue weighted by molar-refractivity contribution is 6.30. The maximum absolute atomic E-state index is 12.7. The molecular formula is C19H20ClNO3. The zero-order valence-electron chi connectivity index (χ0n) is 13.6. The smallest absolute Gasteiger partial charge is 0.254 e. The highest BCUT2D eigenvalue weighted by Gasteiger charge is 2.19. The number of hydrogen-bond donors (Lipinski definition) is 0. The van der Waals surface area contributed by atoms with Crippen molar-refractivity contribution in [2.45, 2.75) is 6.61 Å².